The normalized spacial score (nSPS) is 15.5. The maximum absolute atomic E-state index is 11.9. The van der Waals surface area contributed by atoms with Crippen LogP contribution in [-0.4, -0.2) is 35.2 Å². The molecule has 1 atom stereocenters. The molecule has 0 saturated carbocycles. The van der Waals surface area contributed by atoms with Gasteiger partial charge in [0, 0.05) is 13.8 Å². The maximum atomic E-state index is 11.9. The Morgan fingerprint density at radius 1 is 1.00 bits per heavy atom. The Morgan fingerprint density at radius 3 is 2.23 bits per heavy atom. The van der Waals surface area contributed by atoms with E-state index in [9.17, 15) is 9.59 Å². The average molecular weight is 428 g/mol. The molecule has 30 heavy (non-hydrogen) atoms. The van der Waals surface area contributed by atoms with E-state index in [0.717, 1.165) is 11.3 Å². The number of thioether (sulfide) groups is 1. The lowest BCUT2D eigenvalue weighted by Gasteiger charge is -2.19. The molecule has 0 unspecified atom stereocenters. The lowest BCUT2D eigenvalue weighted by atomic mass is 10.1. The summed E-state index contributed by atoms with van der Waals surface area (Å²) >= 11 is 1.32. The fourth-order valence-corrected chi connectivity index (χ4v) is 3.97. The van der Waals surface area contributed by atoms with Gasteiger partial charge in [-0.15, -0.1) is 5.10 Å². The molecular weight excluding hydrogens is 402 g/mol. The van der Waals surface area contributed by atoms with Crippen molar-refractivity contribution in [3.63, 3.8) is 0 Å². The standard InChI is InChI=1S/C22H25N3O4S/c1-14-5-8-20(13-15(14)2)29-12-11-28-19-9-6-18(7-10-19)21-25(17(4)27)24-22(30-21)23-16(3)26/h5-10,13,21H,11-12H2,1-4H3,(H,23,24,26)/t21-/m0/s1. The van der Waals surface area contributed by atoms with Gasteiger partial charge in [-0.1, -0.05) is 30.0 Å². The second-order valence-corrected chi connectivity index (χ2v) is 8.00. The first-order chi connectivity index (χ1) is 14.3. The van der Waals surface area contributed by atoms with Gasteiger partial charge in [0.2, 0.25) is 11.8 Å². The molecule has 158 valence electrons. The number of benzene rings is 2. The number of nitrogens with zero attached hydrogens (tertiary/aromatic N) is 2. The van der Waals surface area contributed by atoms with E-state index >= 15 is 0 Å². The highest BCUT2D eigenvalue weighted by molar-refractivity contribution is 8.14. The number of hydrogen-bond donors (Lipinski definition) is 1. The van der Waals surface area contributed by atoms with E-state index in [-0.39, 0.29) is 17.2 Å². The van der Waals surface area contributed by atoms with E-state index in [1.807, 2.05) is 42.5 Å². The van der Waals surface area contributed by atoms with Crippen molar-refractivity contribution < 1.29 is 19.1 Å². The Kier molecular flexibility index (Phi) is 6.99. The number of carbonyl (C=O) groups excluding carboxylic acids is 2. The number of ether oxygens (including phenoxy) is 2. The zero-order chi connectivity index (χ0) is 21.7. The first kappa shape index (κ1) is 21.7. The molecule has 0 radical (unpaired) electrons. The highest BCUT2D eigenvalue weighted by Crippen LogP contribution is 2.39. The van der Waals surface area contributed by atoms with Crippen molar-refractivity contribution in [2.45, 2.75) is 33.1 Å². The number of carbonyl (C=O) groups is 2. The lowest BCUT2D eigenvalue weighted by Crippen LogP contribution is -2.25. The van der Waals surface area contributed by atoms with Gasteiger partial charge in [-0.3, -0.25) is 9.59 Å². The quantitative estimate of drug-likeness (QED) is 0.710. The molecule has 1 aliphatic rings. The number of amides is 2. The van der Waals surface area contributed by atoms with E-state index in [0.29, 0.717) is 24.1 Å². The Balaban J connectivity index is 1.53. The predicted molar refractivity (Wildman–Crippen MR) is 117 cm³/mol. The van der Waals surface area contributed by atoms with Crippen molar-refractivity contribution in [3.05, 3.63) is 59.2 Å². The second-order valence-electron chi connectivity index (χ2n) is 6.93. The summed E-state index contributed by atoms with van der Waals surface area (Å²) in [5.74, 6) is 1.12. The van der Waals surface area contributed by atoms with Gasteiger partial charge in [0.1, 0.15) is 30.1 Å². The van der Waals surface area contributed by atoms with Crippen LogP contribution in [0.2, 0.25) is 0 Å². The molecule has 8 heteroatoms. The number of hydrogen-bond acceptors (Lipinski definition) is 6. The van der Waals surface area contributed by atoms with Crippen molar-refractivity contribution >= 4 is 28.7 Å². The van der Waals surface area contributed by atoms with Crippen LogP contribution in [-0.2, 0) is 9.59 Å². The van der Waals surface area contributed by atoms with Gasteiger partial charge >= 0.3 is 0 Å². The monoisotopic (exact) mass is 427 g/mol. The highest BCUT2D eigenvalue weighted by Gasteiger charge is 2.32. The van der Waals surface area contributed by atoms with Crippen LogP contribution in [0.15, 0.2) is 47.6 Å². The lowest BCUT2D eigenvalue weighted by molar-refractivity contribution is -0.129. The molecule has 1 N–H and O–H groups in total. The summed E-state index contributed by atoms with van der Waals surface area (Å²) in [5, 5.41) is 8.27. The van der Waals surface area contributed by atoms with E-state index in [4.69, 9.17) is 9.47 Å². The third-order valence-electron chi connectivity index (χ3n) is 4.51. The Morgan fingerprint density at radius 2 is 1.63 bits per heavy atom. The van der Waals surface area contributed by atoms with Gasteiger partial charge in [0.25, 0.3) is 0 Å². The zero-order valence-corrected chi connectivity index (χ0v) is 18.3. The van der Waals surface area contributed by atoms with Gasteiger partial charge in [-0.25, -0.2) is 5.01 Å². The Bertz CT molecular complexity index is 959. The SMILES string of the molecule is CC(=O)NC1=NN(C(C)=O)[C@H](c2ccc(OCCOc3ccc(C)c(C)c3)cc2)S1. The van der Waals surface area contributed by atoms with Crippen molar-refractivity contribution in [1.82, 2.24) is 10.3 Å². The van der Waals surface area contributed by atoms with Crippen LogP contribution in [0.4, 0.5) is 0 Å². The summed E-state index contributed by atoms with van der Waals surface area (Å²) in [4.78, 5) is 23.2. The summed E-state index contributed by atoms with van der Waals surface area (Å²) < 4.78 is 11.5. The zero-order valence-electron chi connectivity index (χ0n) is 17.5. The third-order valence-corrected chi connectivity index (χ3v) is 5.62. The van der Waals surface area contributed by atoms with Crippen molar-refractivity contribution in [2.75, 3.05) is 13.2 Å². The summed E-state index contributed by atoms with van der Waals surface area (Å²) in [5.41, 5.74) is 3.31. The fraction of sp³-hybridized carbons (Fsp3) is 0.318. The predicted octanol–water partition coefficient (Wildman–Crippen LogP) is 3.76. The van der Waals surface area contributed by atoms with Gasteiger partial charge in [0.15, 0.2) is 5.17 Å². The average Bonchev–Trinajstić information content (AvgIpc) is 3.12. The van der Waals surface area contributed by atoms with Crippen LogP contribution in [0.25, 0.3) is 0 Å². The van der Waals surface area contributed by atoms with Crippen LogP contribution in [0.1, 0.15) is 35.9 Å². The maximum Gasteiger partial charge on any atom is 0.241 e. The molecule has 1 aliphatic heterocycles. The minimum Gasteiger partial charge on any atom is -0.490 e. The van der Waals surface area contributed by atoms with E-state index in [1.54, 1.807) is 0 Å². The number of nitrogens with one attached hydrogen (secondary N) is 1. The Labute approximate surface area is 180 Å². The van der Waals surface area contributed by atoms with Crippen molar-refractivity contribution in [2.24, 2.45) is 5.10 Å². The molecule has 0 aliphatic carbocycles. The molecular formula is C22H25N3O4S. The van der Waals surface area contributed by atoms with Crippen LogP contribution in [0.3, 0.4) is 0 Å². The molecule has 0 bridgehead atoms. The van der Waals surface area contributed by atoms with Gasteiger partial charge in [-0.05, 0) is 54.8 Å². The smallest absolute Gasteiger partial charge is 0.241 e. The van der Waals surface area contributed by atoms with E-state index < -0.39 is 0 Å². The van der Waals surface area contributed by atoms with E-state index in [1.165, 1.54) is 41.7 Å². The molecule has 1 heterocycles. The largest absolute Gasteiger partial charge is 0.490 e. The molecule has 2 aromatic rings. The van der Waals surface area contributed by atoms with Gasteiger partial charge in [0.05, 0.1) is 0 Å². The molecule has 0 spiro atoms. The van der Waals surface area contributed by atoms with Crippen LogP contribution < -0.4 is 14.8 Å². The number of aryl methyl sites for hydroxylation is 2. The van der Waals surface area contributed by atoms with Crippen molar-refractivity contribution in [1.29, 1.82) is 0 Å². The summed E-state index contributed by atoms with van der Waals surface area (Å²) in [7, 11) is 0. The van der Waals surface area contributed by atoms with Crippen LogP contribution in [0, 0.1) is 13.8 Å². The number of hydrazone groups is 1. The number of rotatable bonds is 6. The van der Waals surface area contributed by atoms with Crippen LogP contribution >= 0.6 is 11.8 Å². The third kappa shape index (κ3) is 5.54. The van der Waals surface area contributed by atoms with Gasteiger partial charge < -0.3 is 14.8 Å². The molecule has 3 rings (SSSR count). The number of amidine groups is 1. The summed E-state index contributed by atoms with van der Waals surface area (Å²) in [6.45, 7) is 7.83. The second kappa shape index (κ2) is 9.67. The molecule has 7 nitrogen and oxygen atoms in total. The minimum absolute atomic E-state index is 0.198. The first-order valence-corrected chi connectivity index (χ1v) is 10.5. The molecule has 0 aromatic heterocycles. The van der Waals surface area contributed by atoms with Crippen molar-refractivity contribution in [3.8, 4) is 11.5 Å². The molecule has 2 amide bonds. The van der Waals surface area contributed by atoms with Crippen LogP contribution in [0.5, 0.6) is 11.5 Å². The molecule has 0 fully saturated rings. The molecule has 0 saturated heterocycles. The fourth-order valence-electron chi connectivity index (χ4n) is 2.83. The topological polar surface area (TPSA) is 80.2 Å². The Hall–Kier alpha value is -3.00. The highest BCUT2D eigenvalue weighted by atomic mass is 32.2. The molecule has 2 aromatic carbocycles. The van der Waals surface area contributed by atoms with Gasteiger partial charge in [-0.2, -0.15) is 0 Å². The summed E-state index contributed by atoms with van der Waals surface area (Å²) in [6.07, 6.45) is 0. The van der Waals surface area contributed by atoms with E-state index in [2.05, 4.69) is 24.3 Å². The minimum atomic E-state index is -0.327. The summed E-state index contributed by atoms with van der Waals surface area (Å²) in [6, 6.07) is 13.5. The first-order valence-electron chi connectivity index (χ1n) is 9.59.